The second-order valence-corrected chi connectivity index (χ2v) is 7.01. The molecule has 2 aromatic carbocycles. The molecule has 7 nitrogen and oxygen atoms in total. The lowest BCUT2D eigenvalue weighted by Crippen LogP contribution is -2.04. The van der Waals surface area contributed by atoms with Crippen LogP contribution >= 0.6 is 22.6 Å². The smallest absolute Gasteiger partial charge is 0.209 e. The highest BCUT2D eigenvalue weighted by atomic mass is 127. The first kappa shape index (κ1) is 17.7. The van der Waals surface area contributed by atoms with Gasteiger partial charge >= 0.3 is 0 Å². The third kappa shape index (κ3) is 4.00. The highest BCUT2D eigenvalue weighted by Crippen LogP contribution is 2.22. The van der Waals surface area contributed by atoms with Crippen molar-refractivity contribution >= 4 is 22.6 Å². The third-order valence-corrected chi connectivity index (χ3v) is 5.27. The van der Waals surface area contributed by atoms with E-state index in [1.807, 2.05) is 47.1 Å². The maximum Gasteiger partial charge on any atom is 0.209 e. The summed E-state index contributed by atoms with van der Waals surface area (Å²) in [6.07, 6.45) is 1.79. The van der Waals surface area contributed by atoms with Crippen LogP contribution in [0, 0.1) is 3.70 Å². The van der Waals surface area contributed by atoms with Crippen molar-refractivity contribution in [2.45, 2.75) is 13.1 Å². The molecule has 0 spiro atoms. The van der Waals surface area contributed by atoms with E-state index in [4.69, 9.17) is 4.74 Å². The highest BCUT2D eigenvalue weighted by Gasteiger charge is 2.15. The van der Waals surface area contributed by atoms with E-state index < -0.39 is 0 Å². The Morgan fingerprint density at radius 3 is 2.44 bits per heavy atom. The molecule has 4 rings (SSSR count). The summed E-state index contributed by atoms with van der Waals surface area (Å²) in [4.78, 5) is 1.59. The molecular weight excluding hydrogens is 455 g/mol. The Balaban J connectivity index is 1.51. The molecule has 0 saturated carbocycles. The largest absolute Gasteiger partial charge is 0.497 e. The number of nitrogens with zero attached hydrogens (tertiary/aromatic N) is 6. The first-order chi connectivity index (χ1) is 13.2. The number of aromatic nitrogens is 6. The predicted octanol–water partition coefficient (Wildman–Crippen LogP) is 3.25. The van der Waals surface area contributed by atoms with Crippen LogP contribution in [-0.2, 0) is 13.1 Å². The second kappa shape index (κ2) is 7.87. The molecule has 8 heteroatoms. The van der Waals surface area contributed by atoms with E-state index in [2.05, 4.69) is 55.2 Å². The van der Waals surface area contributed by atoms with Gasteiger partial charge in [-0.05, 0) is 51.1 Å². The maximum absolute atomic E-state index is 5.18. The van der Waals surface area contributed by atoms with Crippen LogP contribution in [-0.4, -0.2) is 37.1 Å². The lowest BCUT2D eigenvalue weighted by molar-refractivity contribution is 0.414. The fourth-order valence-corrected chi connectivity index (χ4v) is 3.37. The highest BCUT2D eigenvalue weighted by molar-refractivity contribution is 14.1. The van der Waals surface area contributed by atoms with Gasteiger partial charge in [-0.2, -0.15) is 9.90 Å². The number of hydrogen-bond donors (Lipinski definition) is 0. The summed E-state index contributed by atoms with van der Waals surface area (Å²) >= 11 is 2.28. The summed E-state index contributed by atoms with van der Waals surface area (Å²) in [5.74, 6) is 1.40. The van der Waals surface area contributed by atoms with Gasteiger partial charge in [0.15, 0.2) is 0 Å². The van der Waals surface area contributed by atoms with Gasteiger partial charge < -0.3 is 4.74 Å². The van der Waals surface area contributed by atoms with Gasteiger partial charge in [-0.25, -0.2) is 0 Å². The molecule has 2 aromatic heterocycles. The van der Waals surface area contributed by atoms with Crippen LogP contribution < -0.4 is 4.74 Å². The van der Waals surface area contributed by atoms with Gasteiger partial charge in [0.1, 0.15) is 9.45 Å². The van der Waals surface area contributed by atoms with Crippen LogP contribution in [0.15, 0.2) is 60.8 Å². The van der Waals surface area contributed by atoms with Crippen LogP contribution in [0.3, 0.4) is 0 Å². The summed E-state index contributed by atoms with van der Waals surface area (Å²) in [6, 6.07) is 18.0. The van der Waals surface area contributed by atoms with Crippen LogP contribution in [0.5, 0.6) is 5.75 Å². The Kier molecular flexibility index (Phi) is 5.14. The number of benzene rings is 2. The zero-order valence-corrected chi connectivity index (χ0v) is 16.8. The van der Waals surface area contributed by atoms with Crippen LogP contribution in [0.25, 0.3) is 11.4 Å². The van der Waals surface area contributed by atoms with Gasteiger partial charge in [-0.1, -0.05) is 42.5 Å². The van der Waals surface area contributed by atoms with Gasteiger partial charge in [0.05, 0.1) is 32.0 Å². The average Bonchev–Trinajstić information content (AvgIpc) is 3.30. The Labute approximate surface area is 170 Å². The van der Waals surface area contributed by atoms with Crippen LogP contribution in [0.4, 0.5) is 0 Å². The van der Waals surface area contributed by atoms with E-state index in [1.165, 1.54) is 5.56 Å². The normalized spacial score (nSPS) is 10.9. The lowest BCUT2D eigenvalue weighted by Gasteiger charge is -2.03. The van der Waals surface area contributed by atoms with E-state index in [-0.39, 0.29) is 0 Å². The van der Waals surface area contributed by atoms with Crippen molar-refractivity contribution in [1.29, 1.82) is 0 Å². The van der Waals surface area contributed by atoms with Gasteiger partial charge in [0, 0.05) is 0 Å². The Bertz CT molecular complexity index is 1030. The number of halogens is 1. The molecule has 0 aliphatic carbocycles. The fraction of sp³-hybridized carbons (Fsp3) is 0.158. The number of ether oxygens (including phenoxy) is 1. The lowest BCUT2D eigenvalue weighted by atomic mass is 10.2. The first-order valence-electron chi connectivity index (χ1n) is 8.39. The zero-order chi connectivity index (χ0) is 18.6. The van der Waals surface area contributed by atoms with Crippen molar-refractivity contribution in [2.75, 3.05) is 7.11 Å². The van der Waals surface area contributed by atoms with E-state index in [9.17, 15) is 0 Å². The number of rotatable bonds is 6. The van der Waals surface area contributed by atoms with Crippen molar-refractivity contribution in [3.05, 3.63) is 75.6 Å². The van der Waals surface area contributed by atoms with E-state index in [0.717, 1.165) is 20.6 Å². The minimum Gasteiger partial charge on any atom is -0.497 e. The molecule has 4 aromatic rings. The number of tetrazole rings is 1. The summed E-state index contributed by atoms with van der Waals surface area (Å²) in [5.41, 5.74) is 3.16. The summed E-state index contributed by atoms with van der Waals surface area (Å²) in [5, 5.41) is 17.3. The maximum atomic E-state index is 5.18. The molecule has 0 aliphatic rings. The molecule has 0 bridgehead atoms. The Morgan fingerprint density at radius 2 is 1.70 bits per heavy atom. The van der Waals surface area contributed by atoms with Gasteiger partial charge in [-0.3, -0.25) is 4.68 Å². The van der Waals surface area contributed by atoms with Gasteiger partial charge in [0.2, 0.25) is 5.82 Å². The molecule has 0 fully saturated rings. The molecular formula is C19H17IN6O. The third-order valence-electron chi connectivity index (χ3n) is 4.13. The average molecular weight is 472 g/mol. The molecule has 0 amide bonds. The standard InChI is InChI=1S/C19H17IN6O/c1-27-16-9-7-15(8-10-16)13-26-23-19(22-24-26)17-11-21-25(18(17)20)12-14-5-3-2-4-6-14/h2-11H,12-13H2,1H3. The van der Waals surface area contributed by atoms with Crippen molar-refractivity contribution in [3.63, 3.8) is 0 Å². The molecule has 0 unspecified atom stereocenters. The van der Waals surface area contributed by atoms with Crippen molar-refractivity contribution in [2.24, 2.45) is 0 Å². The topological polar surface area (TPSA) is 70.7 Å². The Hall–Kier alpha value is -2.75. The van der Waals surface area contributed by atoms with Crippen molar-refractivity contribution in [3.8, 4) is 17.1 Å². The van der Waals surface area contributed by atoms with Crippen molar-refractivity contribution in [1.82, 2.24) is 30.0 Å². The second-order valence-electron chi connectivity index (χ2n) is 5.98. The molecule has 0 saturated heterocycles. The Morgan fingerprint density at radius 1 is 0.963 bits per heavy atom. The monoisotopic (exact) mass is 472 g/mol. The molecule has 136 valence electrons. The van der Waals surface area contributed by atoms with Crippen LogP contribution in [0.1, 0.15) is 11.1 Å². The van der Waals surface area contributed by atoms with E-state index >= 15 is 0 Å². The van der Waals surface area contributed by atoms with Crippen LogP contribution in [0.2, 0.25) is 0 Å². The minimum atomic E-state index is 0.547. The zero-order valence-electron chi connectivity index (χ0n) is 14.7. The summed E-state index contributed by atoms with van der Waals surface area (Å²) < 4.78 is 8.11. The summed E-state index contributed by atoms with van der Waals surface area (Å²) in [6.45, 7) is 1.25. The molecule has 0 atom stereocenters. The quantitative estimate of drug-likeness (QED) is 0.403. The minimum absolute atomic E-state index is 0.547. The molecule has 0 N–H and O–H groups in total. The number of hydrogen-bond acceptors (Lipinski definition) is 5. The van der Waals surface area contributed by atoms with E-state index in [0.29, 0.717) is 18.9 Å². The molecule has 27 heavy (non-hydrogen) atoms. The fourth-order valence-electron chi connectivity index (χ4n) is 2.70. The van der Waals surface area contributed by atoms with Gasteiger partial charge in [-0.15, -0.1) is 10.2 Å². The first-order valence-corrected chi connectivity index (χ1v) is 9.47. The number of methoxy groups -OCH3 is 1. The summed E-state index contributed by atoms with van der Waals surface area (Å²) in [7, 11) is 1.65. The SMILES string of the molecule is COc1ccc(Cn2nnc(-c3cnn(Cc4ccccc4)c3I)n2)cc1. The predicted molar refractivity (Wildman–Crippen MR) is 109 cm³/mol. The van der Waals surface area contributed by atoms with Gasteiger partial charge in [0.25, 0.3) is 0 Å². The van der Waals surface area contributed by atoms with Crippen molar-refractivity contribution < 1.29 is 4.74 Å². The molecule has 2 heterocycles. The molecule has 0 aliphatic heterocycles. The van der Waals surface area contributed by atoms with E-state index in [1.54, 1.807) is 18.1 Å². The molecule has 0 radical (unpaired) electrons.